The van der Waals surface area contributed by atoms with Gasteiger partial charge in [0.25, 0.3) is 0 Å². The summed E-state index contributed by atoms with van der Waals surface area (Å²) in [7, 11) is 0. The van der Waals surface area contributed by atoms with Gasteiger partial charge in [-0.3, -0.25) is 9.97 Å². The predicted molar refractivity (Wildman–Crippen MR) is 74.7 cm³/mol. The van der Waals surface area contributed by atoms with Crippen LogP contribution in [0.1, 0.15) is 29.7 Å². The zero-order valence-electron chi connectivity index (χ0n) is 11.4. The summed E-state index contributed by atoms with van der Waals surface area (Å²) in [6, 6.07) is 0. The van der Waals surface area contributed by atoms with E-state index in [0.717, 1.165) is 35.0 Å². The summed E-state index contributed by atoms with van der Waals surface area (Å²) in [5.74, 6) is 2.01. The van der Waals surface area contributed by atoms with E-state index in [2.05, 4.69) is 25.3 Å². The first-order valence-electron chi connectivity index (χ1n) is 6.24. The second-order valence-electron chi connectivity index (χ2n) is 4.35. The number of hydrogen-bond acceptors (Lipinski definition) is 6. The van der Waals surface area contributed by atoms with Crippen LogP contribution in [0.3, 0.4) is 0 Å². The maximum Gasteiger partial charge on any atom is 0.135 e. The molecule has 0 aromatic carbocycles. The molecule has 0 aliphatic rings. The van der Waals surface area contributed by atoms with Crippen molar-refractivity contribution in [3.63, 3.8) is 0 Å². The Hall–Kier alpha value is -2.24. The smallest absolute Gasteiger partial charge is 0.135 e. The molecule has 2 heterocycles. The number of aromatic nitrogens is 4. The van der Waals surface area contributed by atoms with Crippen LogP contribution in [0, 0.1) is 13.8 Å². The standard InChI is InChI=1S/C13H18N6/c1-4-11-18-12(14)9(3)13(19-11)17-7-10-6-15-8(2)5-16-10/h5-6H,4,7H2,1-3H3,(H3,14,17,18,19). The van der Waals surface area contributed by atoms with Crippen LogP contribution >= 0.6 is 0 Å². The molecule has 0 fully saturated rings. The van der Waals surface area contributed by atoms with E-state index in [4.69, 9.17) is 5.73 Å². The zero-order chi connectivity index (χ0) is 13.8. The lowest BCUT2D eigenvalue weighted by Crippen LogP contribution is -2.10. The van der Waals surface area contributed by atoms with Crippen molar-refractivity contribution >= 4 is 11.6 Å². The highest BCUT2D eigenvalue weighted by atomic mass is 15.1. The molecule has 2 rings (SSSR count). The molecule has 0 bridgehead atoms. The van der Waals surface area contributed by atoms with Crippen molar-refractivity contribution in [3.8, 4) is 0 Å². The molecule has 100 valence electrons. The third-order valence-electron chi connectivity index (χ3n) is 2.82. The monoisotopic (exact) mass is 258 g/mol. The van der Waals surface area contributed by atoms with E-state index < -0.39 is 0 Å². The molecule has 0 amide bonds. The van der Waals surface area contributed by atoms with Crippen LogP contribution in [0.2, 0.25) is 0 Å². The number of nitrogens with one attached hydrogen (secondary N) is 1. The van der Waals surface area contributed by atoms with Crippen LogP contribution in [0.4, 0.5) is 11.6 Å². The van der Waals surface area contributed by atoms with Gasteiger partial charge in [-0.2, -0.15) is 0 Å². The highest BCUT2D eigenvalue weighted by Gasteiger charge is 2.07. The van der Waals surface area contributed by atoms with Gasteiger partial charge in [-0.1, -0.05) is 6.92 Å². The van der Waals surface area contributed by atoms with Gasteiger partial charge in [0.1, 0.15) is 17.5 Å². The van der Waals surface area contributed by atoms with Crippen molar-refractivity contribution in [3.05, 3.63) is 35.2 Å². The summed E-state index contributed by atoms with van der Waals surface area (Å²) >= 11 is 0. The second-order valence-corrected chi connectivity index (χ2v) is 4.35. The molecule has 0 radical (unpaired) electrons. The molecule has 0 atom stereocenters. The molecule has 19 heavy (non-hydrogen) atoms. The second kappa shape index (κ2) is 5.60. The van der Waals surface area contributed by atoms with Gasteiger partial charge < -0.3 is 11.1 Å². The van der Waals surface area contributed by atoms with E-state index >= 15 is 0 Å². The van der Waals surface area contributed by atoms with Crippen molar-refractivity contribution in [1.29, 1.82) is 0 Å². The fourth-order valence-electron chi connectivity index (χ4n) is 1.60. The number of anilines is 2. The Morgan fingerprint density at radius 3 is 2.58 bits per heavy atom. The molecule has 0 aliphatic heterocycles. The summed E-state index contributed by atoms with van der Waals surface area (Å²) in [4.78, 5) is 17.1. The predicted octanol–water partition coefficient (Wildman–Crippen LogP) is 1.64. The molecule has 6 heteroatoms. The first-order chi connectivity index (χ1) is 9.10. The SMILES string of the molecule is CCc1nc(N)c(C)c(NCc2cnc(C)cn2)n1. The maximum absolute atomic E-state index is 5.87. The number of nitrogens with two attached hydrogens (primary N) is 1. The molecule has 0 saturated heterocycles. The van der Waals surface area contributed by atoms with E-state index in [1.807, 2.05) is 20.8 Å². The number of rotatable bonds is 4. The minimum absolute atomic E-state index is 0.518. The Kier molecular flexibility index (Phi) is 3.89. The van der Waals surface area contributed by atoms with Gasteiger partial charge in [-0.25, -0.2) is 9.97 Å². The van der Waals surface area contributed by atoms with Crippen LogP contribution in [0.15, 0.2) is 12.4 Å². The lowest BCUT2D eigenvalue weighted by molar-refractivity contribution is 0.917. The minimum atomic E-state index is 0.518. The minimum Gasteiger partial charge on any atom is -0.383 e. The quantitative estimate of drug-likeness (QED) is 0.866. The van der Waals surface area contributed by atoms with E-state index in [9.17, 15) is 0 Å². The highest BCUT2D eigenvalue weighted by Crippen LogP contribution is 2.17. The maximum atomic E-state index is 5.87. The van der Waals surface area contributed by atoms with Crippen LogP contribution in [0.25, 0.3) is 0 Å². The molecule has 0 spiro atoms. The van der Waals surface area contributed by atoms with E-state index in [0.29, 0.717) is 12.4 Å². The number of nitrogens with zero attached hydrogens (tertiary/aromatic N) is 4. The lowest BCUT2D eigenvalue weighted by Gasteiger charge is -2.11. The Morgan fingerprint density at radius 1 is 1.16 bits per heavy atom. The lowest BCUT2D eigenvalue weighted by atomic mass is 10.3. The first kappa shape index (κ1) is 13.2. The molecule has 3 N–H and O–H groups in total. The number of nitrogen functional groups attached to an aromatic ring is 1. The van der Waals surface area contributed by atoms with Crippen LogP contribution in [-0.2, 0) is 13.0 Å². The first-order valence-corrected chi connectivity index (χ1v) is 6.24. The van der Waals surface area contributed by atoms with Crippen molar-refractivity contribution in [2.45, 2.75) is 33.7 Å². The Balaban J connectivity index is 2.14. The van der Waals surface area contributed by atoms with Gasteiger partial charge in [0.05, 0.1) is 24.1 Å². The van der Waals surface area contributed by atoms with Gasteiger partial charge in [-0.05, 0) is 13.8 Å². The average molecular weight is 258 g/mol. The number of hydrogen-bond donors (Lipinski definition) is 2. The van der Waals surface area contributed by atoms with Crippen molar-refractivity contribution in [1.82, 2.24) is 19.9 Å². The third kappa shape index (κ3) is 3.15. The Labute approximate surface area is 112 Å². The third-order valence-corrected chi connectivity index (χ3v) is 2.82. The van der Waals surface area contributed by atoms with Gasteiger partial charge in [0.2, 0.25) is 0 Å². The molecular formula is C13H18N6. The summed E-state index contributed by atoms with van der Waals surface area (Å²) in [5, 5.41) is 3.23. The van der Waals surface area contributed by atoms with Gasteiger partial charge in [0.15, 0.2) is 0 Å². The van der Waals surface area contributed by atoms with E-state index in [1.54, 1.807) is 12.4 Å². The molecule has 2 aromatic rings. The fourth-order valence-corrected chi connectivity index (χ4v) is 1.60. The highest BCUT2D eigenvalue weighted by molar-refractivity contribution is 5.54. The molecule has 0 unspecified atom stereocenters. The Morgan fingerprint density at radius 2 is 1.95 bits per heavy atom. The topological polar surface area (TPSA) is 89.6 Å². The zero-order valence-corrected chi connectivity index (χ0v) is 11.4. The van der Waals surface area contributed by atoms with Crippen molar-refractivity contribution in [2.75, 3.05) is 11.1 Å². The normalized spacial score (nSPS) is 10.5. The number of aryl methyl sites for hydroxylation is 2. The largest absolute Gasteiger partial charge is 0.383 e. The summed E-state index contributed by atoms with van der Waals surface area (Å²) < 4.78 is 0. The Bertz CT molecular complexity index is 564. The van der Waals surface area contributed by atoms with Crippen molar-refractivity contribution in [2.24, 2.45) is 0 Å². The summed E-state index contributed by atoms with van der Waals surface area (Å²) in [6.45, 7) is 6.37. The van der Waals surface area contributed by atoms with Gasteiger partial charge in [0, 0.05) is 18.2 Å². The average Bonchev–Trinajstić information content (AvgIpc) is 2.42. The molecule has 2 aromatic heterocycles. The van der Waals surface area contributed by atoms with E-state index in [1.165, 1.54) is 0 Å². The molecular weight excluding hydrogens is 240 g/mol. The van der Waals surface area contributed by atoms with E-state index in [-0.39, 0.29) is 0 Å². The summed E-state index contributed by atoms with van der Waals surface area (Å²) in [6.07, 6.45) is 4.25. The van der Waals surface area contributed by atoms with Gasteiger partial charge in [-0.15, -0.1) is 0 Å². The van der Waals surface area contributed by atoms with Gasteiger partial charge >= 0.3 is 0 Å². The van der Waals surface area contributed by atoms with Crippen LogP contribution in [-0.4, -0.2) is 19.9 Å². The molecule has 0 aliphatic carbocycles. The fraction of sp³-hybridized carbons (Fsp3) is 0.385. The van der Waals surface area contributed by atoms with Crippen LogP contribution < -0.4 is 11.1 Å². The molecule has 6 nitrogen and oxygen atoms in total. The summed E-state index contributed by atoms with van der Waals surface area (Å²) in [5.41, 5.74) is 8.49. The van der Waals surface area contributed by atoms with Crippen LogP contribution in [0.5, 0.6) is 0 Å². The molecule has 0 saturated carbocycles. The van der Waals surface area contributed by atoms with Crippen molar-refractivity contribution < 1.29 is 0 Å².